The first kappa shape index (κ1) is 42.4. The smallest absolute Gasteiger partial charge is 0.412 e. The number of aryl methyl sites for hydroxylation is 1. The van der Waals surface area contributed by atoms with Crippen LogP contribution < -0.4 is 10.1 Å². The molecule has 2 heterocycles. The largest absolute Gasteiger partial charge is 0.507 e. The van der Waals surface area contributed by atoms with Crippen LogP contribution in [0.1, 0.15) is 118 Å². The first-order chi connectivity index (χ1) is 24.7. The molecule has 294 valence electrons. The molecule has 1 aliphatic carbocycles. The van der Waals surface area contributed by atoms with E-state index in [4.69, 9.17) is 13.9 Å². The van der Waals surface area contributed by atoms with E-state index in [2.05, 4.69) is 65.7 Å². The van der Waals surface area contributed by atoms with E-state index < -0.39 is 26.3 Å². The molecule has 2 N–H and O–H groups in total. The summed E-state index contributed by atoms with van der Waals surface area (Å²) >= 11 is 0. The highest BCUT2D eigenvalue weighted by Crippen LogP contribution is 2.50. The van der Waals surface area contributed by atoms with Crippen LogP contribution in [0, 0.1) is 23.7 Å². The fourth-order valence-electron chi connectivity index (χ4n) is 7.90. The van der Waals surface area contributed by atoms with Crippen molar-refractivity contribution in [2.24, 2.45) is 23.7 Å². The van der Waals surface area contributed by atoms with Gasteiger partial charge in [0, 0.05) is 23.9 Å². The van der Waals surface area contributed by atoms with Crippen molar-refractivity contribution in [2.75, 3.05) is 13.2 Å². The third-order valence-corrected chi connectivity index (χ3v) is 16.5. The normalized spacial score (nSPS) is 23.7. The van der Waals surface area contributed by atoms with Gasteiger partial charge in [0.05, 0.1) is 24.7 Å². The molecular formula is C43H66N2O7Si. The lowest BCUT2D eigenvalue weighted by atomic mass is 9.73. The average molecular weight is 751 g/mol. The second-order valence-corrected chi connectivity index (χ2v) is 22.5. The van der Waals surface area contributed by atoms with E-state index in [1.54, 1.807) is 11.0 Å². The Labute approximate surface area is 319 Å². The van der Waals surface area contributed by atoms with Crippen LogP contribution in [0.4, 0.5) is 4.79 Å². The second kappa shape index (κ2) is 17.0. The van der Waals surface area contributed by atoms with Crippen molar-refractivity contribution < 1.29 is 33.4 Å². The van der Waals surface area contributed by atoms with Gasteiger partial charge in [-0.3, -0.25) is 4.79 Å². The predicted octanol–water partition coefficient (Wildman–Crippen LogP) is 9.57. The Morgan fingerprint density at radius 1 is 1.15 bits per heavy atom. The maximum atomic E-state index is 13.9. The number of nitrogens with one attached hydrogen (secondary N) is 1. The summed E-state index contributed by atoms with van der Waals surface area (Å²) < 4.78 is 18.5. The van der Waals surface area contributed by atoms with Crippen molar-refractivity contribution >= 4 is 26.3 Å². The molecule has 0 bridgehead atoms. The molecule has 1 fully saturated rings. The maximum Gasteiger partial charge on any atom is 0.412 e. The summed E-state index contributed by atoms with van der Waals surface area (Å²) in [6.07, 6.45) is 6.77. The first-order valence-electron chi connectivity index (χ1n) is 19.7. The summed E-state index contributed by atoms with van der Waals surface area (Å²) in [5.74, 6) is -0.974. The van der Waals surface area contributed by atoms with Gasteiger partial charge in [0.2, 0.25) is 5.91 Å². The average Bonchev–Trinajstić information content (AvgIpc) is 3.29. The van der Waals surface area contributed by atoms with E-state index in [9.17, 15) is 19.5 Å². The SMILES string of the molecule is C=C(C)[C@@H]1CCC(C)=C[C@H]1c1c(O)cc(CCCCC)cc1OC(=O)NCC1=C(C(=O)OCC(C)C)N2C(=O)[C@H](C(C)O[Si](C)(C)C(C)(C)C)[C@H]2[C@H]1C. The minimum absolute atomic E-state index is 0.00901. The van der Waals surface area contributed by atoms with Gasteiger partial charge >= 0.3 is 12.1 Å². The summed E-state index contributed by atoms with van der Waals surface area (Å²) in [5.41, 5.74) is 4.53. The van der Waals surface area contributed by atoms with Crippen molar-refractivity contribution in [2.45, 2.75) is 144 Å². The number of benzene rings is 1. The minimum atomic E-state index is -2.18. The Hall–Kier alpha value is -3.37. The molecule has 0 radical (unpaired) electrons. The number of amides is 2. The number of rotatable bonds is 15. The summed E-state index contributed by atoms with van der Waals surface area (Å²) in [4.78, 5) is 42.8. The summed E-state index contributed by atoms with van der Waals surface area (Å²) in [7, 11) is -2.18. The topological polar surface area (TPSA) is 114 Å². The van der Waals surface area contributed by atoms with E-state index in [0.717, 1.165) is 49.7 Å². The van der Waals surface area contributed by atoms with Crippen LogP contribution in [0.3, 0.4) is 0 Å². The van der Waals surface area contributed by atoms with Crippen LogP contribution in [0.5, 0.6) is 11.5 Å². The zero-order chi connectivity index (χ0) is 39.6. The summed E-state index contributed by atoms with van der Waals surface area (Å²) in [6.45, 7) is 29.4. The molecule has 3 aliphatic rings. The number of hydrogen-bond acceptors (Lipinski definition) is 7. The number of esters is 1. The monoisotopic (exact) mass is 750 g/mol. The fourth-order valence-corrected chi connectivity index (χ4v) is 9.33. The van der Waals surface area contributed by atoms with E-state index in [1.165, 1.54) is 5.57 Å². The van der Waals surface area contributed by atoms with Crippen LogP contribution in [-0.2, 0) is 25.2 Å². The van der Waals surface area contributed by atoms with Gasteiger partial charge in [-0.2, -0.15) is 0 Å². The summed E-state index contributed by atoms with van der Waals surface area (Å²) in [5, 5.41) is 14.4. The van der Waals surface area contributed by atoms with Gasteiger partial charge in [-0.25, -0.2) is 9.59 Å². The van der Waals surface area contributed by atoms with Gasteiger partial charge in [0.15, 0.2) is 8.32 Å². The van der Waals surface area contributed by atoms with Crippen LogP contribution in [0.25, 0.3) is 0 Å². The van der Waals surface area contributed by atoms with Crippen molar-refractivity contribution in [3.8, 4) is 11.5 Å². The van der Waals surface area contributed by atoms with Gasteiger partial charge in [-0.05, 0) is 99.7 Å². The quantitative estimate of drug-likeness (QED) is 0.0604. The molecular weight excluding hydrogens is 685 g/mol. The van der Waals surface area contributed by atoms with Gasteiger partial charge in [0.1, 0.15) is 17.2 Å². The van der Waals surface area contributed by atoms with Crippen molar-refractivity contribution in [1.29, 1.82) is 0 Å². The molecule has 53 heavy (non-hydrogen) atoms. The fraction of sp³-hybridized carbons (Fsp3) is 0.651. The number of aromatic hydroxyl groups is 1. The van der Waals surface area contributed by atoms with Crippen LogP contribution in [0.15, 0.2) is 47.2 Å². The third kappa shape index (κ3) is 9.30. The Balaban J connectivity index is 1.63. The molecule has 1 saturated heterocycles. The Morgan fingerprint density at radius 3 is 2.43 bits per heavy atom. The third-order valence-electron chi connectivity index (χ3n) is 11.9. The van der Waals surface area contributed by atoms with Gasteiger partial charge in [0.25, 0.3) is 0 Å². The number of carbonyl (C=O) groups is 3. The van der Waals surface area contributed by atoms with Crippen LogP contribution >= 0.6 is 0 Å². The zero-order valence-corrected chi connectivity index (χ0v) is 35.5. The van der Waals surface area contributed by atoms with Crippen LogP contribution in [-0.4, -0.2) is 61.6 Å². The second-order valence-electron chi connectivity index (χ2n) is 17.7. The number of phenolic OH excluding ortho intramolecular Hbond substituents is 1. The lowest BCUT2D eigenvalue weighted by molar-refractivity contribution is -0.163. The molecule has 1 aromatic carbocycles. The highest BCUT2D eigenvalue weighted by molar-refractivity contribution is 6.74. The molecule has 0 saturated carbocycles. The van der Waals surface area contributed by atoms with Gasteiger partial charge < -0.3 is 29.2 Å². The highest BCUT2D eigenvalue weighted by atomic mass is 28.4. The molecule has 2 amide bonds. The first-order valence-corrected chi connectivity index (χ1v) is 22.7. The molecule has 0 spiro atoms. The maximum absolute atomic E-state index is 13.9. The zero-order valence-electron chi connectivity index (χ0n) is 34.5. The Kier molecular flexibility index (Phi) is 13.6. The Morgan fingerprint density at radius 2 is 1.83 bits per heavy atom. The Bertz CT molecular complexity index is 1620. The van der Waals surface area contributed by atoms with Gasteiger partial charge in [-0.15, -0.1) is 0 Å². The van der Waals surface area contributed by atoms with Crippen molar-refractivity contribution in [1.82, 2.24) is 10.2 Å². The number of hydrogen-bond donors (Lipinski definition) is 2. The molecule has 4 rings (SSSR count). The molecule has 10 heteroatoms. The number of allylic oxidation sites excluding steroid dienone is 3. The molecule has 1 unspecified atom stereocenters. The molecule has 2 aliphatic heterocycles. The van der Waals surface area contributed by atoms with E-state index in [-0.39, 0.29) is 71.4 Å². The molecule has 1 aromatic rings. The number of β-lactam (4-membered cyclic amide) rings is 1. The number of ether oxygens (including phenoxy) is 2. The minimum Gasteiger partial charge on any atom is -0.507 e. The highest BCUT2D eigenvalue weighted by Gasteiger charge is 2.61. The van der Waals surface area contributed by atoms with E-state index in [0.29, 0.717) is 16.9 Å². The number of unbranched alkanes of at least 4 members (excludes halogenated alkanes) is 2. The number of nitrogens with zero attached hydrogens (tertiary/aromatic N) is 1. The molecule has 9 nitrogen and oxygen atoms in total. The van der Waals surface area contributed by atoms with Crippen molar-refractivity contribution in [3.63, 3.8) is 0 Å². The molecule has 0 aromatic heterocycles. The standard InChI is InChI=1S/C43H66N2O7Si/c1-14-15-16-17-30-21-34(46)37(32-20-27(6)18-19-31(32)26(4)5)35(22-30)51-42(49)44-23-33-28(7)38-36(29(8)52-53(12,13)43(9,10)11)40(47)45(38)39(33)41(48)50-24-25(2)3/h20-22,25,28-29,31-32,36,38,46H,4,14-19,23-24H2,1-3,5-13H3,(H,44,49)/t28-,29?,31-,32+,36+,38+/m0/s1. The lowest BCUT2D eigenvalue weighted by Gasteiger charge is -2.50. The predicted molar refractivity (Wildman–Crippen MR) is 213 cm³/mol. The summed E-state index contributed by atoms with van der Waals surface area (Å²) in [6, 6.07) is 3.39. The number of carbonyl (C=O) groups excluding carboxylic acids is 3. The van der Waals surface area contributed by atoms with Crippen molar-refractivity contribution in [3.05, 3.63) is 58.3 Å². The number of phenols is 1. The van der Waals surface area contributed by atoms with E-state index >= 15 is 0 Å². The van der Waals surface area contributed by atoms with Crippen LogP contribution in [0.2, 0.25) is 18.1 Å². The van der Waals surface area contributed by atoms with Gasteiger partial charge in [-0.1, -0.05) is 85.1 Å². The van der Waals surface area contributed by atoms with E-state index in [1.807, 2.05) is 40.7 Å². The number of fused-ring (bicyclic) bond motifs is 1. The lowest BCUT2D eigenvalue weighted by Crippen LogP contribution is -2.65. The molecule has 6 atom stereocenters.